The minimum Gasteiger partial charge on any atom is -0.490 e. The van der Waals surface area contributed by atoms with Gasteiger partial charge in [-0.25, -0.2) is 9.73 Å². The third-order valence-corrected chi connectivity index (χ3v) is 4.09. The van der Waals surface area contributed by atoms with Gasteiger partial charge in [0.2, 0.25) is 0 Å². The summed E-state index contributed by atoms with van der Waals surface area (Å²) in [7, 11) is 0. The summed E-state index contributed by atoms with van der Waals surface area (Å²) in [6.07, 6.45) is 0. The molecule has 0 unspecified atom stereocenters. The van der Waals surface area contributed by atoms with E-state index in [4.69, 9.17) is 9.47 Å². The Bertz CT molecular complexity index is 1150. The van der Waals surface area contributed by atoms with Crippen molar-refractivity contribution in [2.24, 2.45) is 0 Å². The standard InChI is InChI=1S/C19H18N4O3/c1-3-25-15-10-9-12(11-16(15)26-4-2)17-18-20-19(24)13-7-5-6-8-14(13)23(18)22-21-17/h5-11,22H,3-4H2,1-2H3. The normalized spacial score (nSPS) is 11.2. The van der Waals surface area contributed by atoms with Gasteiger partial charge in [-0.2, -0.15) is 10.1 Å². The first-order valence-corrected chi connectivity index (χ1v) is 8.48. The molecule has 0 spiro atoms. The highest BCUT2D eigenvalue weighted by atomic mass is 16.5. The van der Waals surface area contributed by atoms with Gasteiger partial charge in [0.15, 0.2) is 17.1 Å². The van der Waals surface area contributed by atoms with E-state index in [1.165, 1.54) is 0 Å². The zero-order chi connectivity index (χ0) is 18.1. The Hall–Kier alpha value is -3.35. The van der Waals surface area contributed by atoms with Gasteiger partial charge in [-0.15, -0.1) is 0 Å². The maximum Gasteiger partial charge on any atom is 0.281 e. The molecule has 2 aromatic heterocycles. The van der Waals surface area contributed by atoms with E-state index in [1.807, 2.05) is 50.2 Å². The Morgan fingerprint density at radius 1 is 1.04 bits per heavy atom. The van der Waals surface area contributed by atoms with Crippen molar-refractivity contribution in [1.82, 2.24) is 19.8 Å². The topological polar surface area (TPSA) is 81.5 Å². The van der Waals surface area contributed by atoms with Crippen molar-refractivity contribution in [1.29, 1.82) is 0 Å². The van der Waals surface area contributed by atoms with Crippen molar-refractivity contribution in [2.75, 3.05) is 13.2 Å². The Morgan fingerprint density at radius 2 is 1.81 bits per heavy atom. The first kappa shape index (κ1) is 16.1. The summed E-state index contributed by atoms with van der Waals surface area (Å²) in [6, 6.07) is 12.9. The summed E-state index contributed by atoms with van der Waals surface area (Å²) in [4.78, 5) is 16.6. The molecule has 7 heteroatoms. The van der Waals surface area contributed by atoms with Crippen molar-refractivity contribution in [3.05, 3.63) is 52.8 Å². The largest absolute Gasteiger partial charge is 0.490 e. The van der Waals surface area contributed by atoms with Gasteiger partial charge in [0.25, 0.3) is 5.56 Å². The molecule has 132 valence electrons. The zero-order valence-electron chi connectivity index (χ0n) is 14.5. The molecule has 0 saturated carbocycles. The molecule has 0 amide bonds. The summed E-state index contributed by atoms with van der Waals surface area (Å²) >= 11 is 0. The maximum atomic E-state index is 12.4. The van der Waals surface area contributed by atoms with Crippen molar-refractivity contribution >= 4 is 16.6 Å². The molecule has 4 aromatic rings. The minimum atomic E-state index is -0.279. The van der Waals surface area contributed by atoms with Crippen LogP contribution in [-0.4, -0.2) is 33.0 Å². The highest BCUT2D eigenvalue weighted by molar-refractivity contribution is 5.84. The van der Waals surface area contributed by atoms with Crippen LogP contribution < -0.4 is 15.0 Å². The lowest BCUT2D eigenvalue weighted by molar-refractivity contribution is 0.288. The molecule has 0 aliphatic heterocycles. The molecule has 0 bridgehead atoms. The van der Waals surface area contributed by atoms with Gasteiger partial charge < -0.3 is 9.47 Å². The number of aromatic amines is 1. The van der Waals surface area contributed by atoms with Crippen molar-refractivity contribution in [3.8, 4) is 22.8 Å². The smallest absolute Gasteiger partial charge is 0.281 e. The first-order chi connectivity index (χ1) is 12.7. The predicted octanol–water partition coefficient (Wildman–Crippen LogP) is 3.04. The Kier molecular flexibility index (Phi) is 4.04. The summed E-state index contributed by atoms with van der Waals surface area (Å²) in [5.74, 6) is 1.31. The minimum absolute atomic E-state index is 0.279. The quantitative estimate of drug-likeness (QED) is 0.598. The number of rotatable bonds is 5. The van der Waals surface area contributed by atoms with Gasteiger partial charge in [0.1, 0.15) is 5.69 Å². The number of benzene rings is 2. The van der Waals surface area contributed by atoms with E-state index in [0.29, 0.717) is 41.4 Å². The number of hydrogen-bond donors (Lipinski definition) is 1. The summed E-state index contributed by atoms with van der Waals surface area (Å²) in [5.41, 5.74) is 2.30. The first-order valence-electron chi connectivity index (χ1n) is 8.48. The number of nitrogens with zero attached hydrogens (tertiary/aromatic N) is 3. The molecule has 2 heterocycles. The highest BCUT2D eigenvalue weighted by Gasteiger charge is 2.15. The van der Waals surface area contributed by atoms with E-state index < -0.39 is 0 Å². The SMILES string of the molecule is CCOc1ccc(-c2n[nH]n3c2nc(=O)c2ccccc23)cc1OCC. The Labute approximate surface area is 149 Å². The van der Waals surface area contributed by atoms with E-state index in [2.05, 4.69) is 15.3 Å². The van der Waals surface area contributed by atoms with Crippen molar-refractivity contribution in [3.63, 3.8) is 0 Å². The number of nitrogens with one attached hydrogen (secondary N) is 1. The summed E-state index contributed by atoms with van der Waals surface area (Å²) < 4.78 is 13.0. The zero-order valence-corrected chi connectivity index (χ0v) is 14.5. The second-order valence-corrected chi connectivity index (χ2v) is 5.68. The number of para-hydroxylation sites is 1. The molecule has 4 rings (SSSR count). The lowest BCUT2D eigenvalue weighted by Gasteiger charge is -2.11. The van der Waals surface area contributed by atoms with Crippen molar-refractivity contribution in [2.45, 2.75) is 13.8 Å². The van der Waals surface area contributed by atoms with Crippen LogP contribution in [0.1, 0.15) is 13.8 Å². The lowest BCUT2D eigenvalue weighted by Crippen LogP contribution is -2.10. The molecule has 0 aliphatic rings. The molecular formula is C19H18N4O3. The Morgan fingerprint density at radius 3 is 2.62 bits per heavy atom. The second-order valence-electron chi connectivity index (χ2n) is 5.68. The highest BCUT2D eigenvalue weighted by Crippen LogP contribution is 2.33. The van der Waals surface area contributed by atoms with Gasteiger partial charge in [0, 0.05) is 5.56 Å². The van der Waals surface area contributed by atoms with Gasteiger partial charge in [-0.1, -0.05) is 12.1 Å². The van der Waals surface area contributed by atoms with Crippen LogP contribution in [-0.2, 0) is 0 Å². The van der Waals surface area contributed by atoms with Crippen LogP contribution in [0.5, 0.6) is 11.5 Å². The van der Waals surface area contributed by atoms with Crippen LogP contribution in [0.2, 0.25) is 0 Å². The molecule has 7 nitrogen and oxygen atoms in total. The van der Waals surface area contributed by atoms with Crippen LogP contribution in [0.4, 0.5) is 0 Å². The second kappa shape index (κ2) is 6.51. The molecular weight excluding hydrogens is 332 g/mol. The number of ether oxygens (including phenoxy) is 2. The molecule has 0 radical (unpaired) electrons. The van der Waals surface area contributed by atoms with E-state index >= 15 is 0 Å². The van der Waals surface area contributed by atoms with E-state index in [-0.39, 0.29) is 5.56 Å². The fourth-order valence-electron chi connectivity index (χ4n) is 2.97. The Balaban J connectivity index is 1.92. The van der Waals surface area contributed by atoms with E-state index in [1.54, 1.807) is 10.6 Å². The molecule has 26 heavy (non-hydrogen) atoms. The van der Waals surface area contributed by atoms with Gasteiger partial charge in [-0.05, 0) is 44.2 Å². The fourth-order valence-corrected chi connectivity index (χ4v) is 2.97. The maximum absolute atomic E-state index is 12.4. The molecule has 0 atom stereocenters. The summed E-state index contributed by atoms with van der Waals surface area (Å²) in [5, 5.41) is 7.86. The third kappa shape index (κ3) is 2.57. The number of hydrogen-bond acceptors (Lipinski definition) is 5. The average molecular weight is 350 g/mol. The average Bonchev–Trinajstić information content (AvgIpc) is 3.08. The van der Waals surface area contributed by atoms with Gasteiger partial charge in [-0.3, -0.25) is 4.79 Å². The fraction of sp³-hybridized carbons (Fsp3) is 0.211. The van der Waals surface area contributed by atoms with Crippen LogP contribution in [0, 0.1) is 0 Å². The van der Waals surface area contributed by atoms with Crippen LogP contribution in [0.25, 0.3) is 27.8 Å². The molecule has 1 N–H and O–H groups in total. The molecule has 0 fully saturated rings. The van der Waals surface area contributed by atoms with Crippen LogP contribution in [0.15, 0.2) is 47.3 Å². The number of fused-ring (bicyclic) bond motifs is 3. The lowest BCUT2D eigenvalue weighted by atomic mass is 10.1. The summed E-state index contributed by atoms with van der Waals surface area (Å²) in [6.45, 7) is 4.91. The van der Waals surface area contributed by atoms with E-state index in [0.717, 1.165) is 11.1 Å². The number of aromatic nitrogens is 4. The van der Waals surface area contributed by atoms with E-state index in [9.17, 15) is 4.79 Å². The van der Waals surface area contributed by atoms with Crippen molar-refractivity contribution < 1.29 is 9.47 Å². The van der Waals surface area contributed by atoms with Crippen LogP contribution in [0.3, 0.4) is 0 Å². The van der Waals surface area contributed by atoms with Crippen LogP contribution >= 0.6 is 0 Å². The van der Waals surface area contributed by atoms with Gasteiger partial charge in [0.05, 0.1) is 24.1 Å². The molecule has 0 aliphatic carbocycles. The monoisotopic (exact) mass is 350 g/mol. The van der Waals surface area contributed by atoms with Gasteiger partial charge >= 0.3 is 0 Å². The number of H-pyrrole nitrogens is 1. The predicted molar refractivity (Wildman–Crippen MR) is 98.9 cm³/mol. The third-order valence-electron chi connectivity index (χ3n) is 4.09. The molecule has 0 saturated heterocycles. The molecule has 2 aromatic carbocycles.